The SMILES string of the molecule is CCn1nc(C(C)C)cc1SCC(=O)O. The molecule has 0 spiro atoms. The molecule has 4 nitrogen and oxygen atoms in total. The number of hydrogen-bond acceptors (Lipinski definition) is 3. The first-order chi connectivity index (χ1) is 7.04. The van der Waals surface area contributed by atoms with Gasteiger partial charge in [0.2, 0.25) is 0 Å². The fraction of sp³-hybridized carbons (Fsp3) is 0.600. The van der Waals surface area contributed by atoms with Crippen molar-refractivity contribution in [3.63, 3.8) is 0 Å². The molecule has 0 bridgehead atoms. The van der Waals surface area contributed by atoms with Crippen molar-refractivity contribution in [2.45, 2.75) is 38.3 Å². The predicted molar refractivity (Wildman–Crippen MR) is 60.3 cm³/mol. The molecule has 84 valence electrons. The summed E-state index contributed by atoms with van der Waals surface area (Å²) in [7, 11) is 0. The van der Waals surface area contributed by atoms with Crippen molar-refractivity contribution in [1.82, 2.24) is 9.78 Å². The van der Waals surface area contributed by atoms with E-state index >= 15 is 0 Å². The summed E-state index contributed by atoms with van der Waals surface area (Å²) in [6.07, 6.45) is 0. The average Bonchev–Trinajstić information content (AvgIpc) is 2.57. The summed E-state index contributed by atoms with van der Waals surface area (Å²) >= 11 is 1.32. The molecule has 0 fully saturated rings. The van der Waals surface area contributed by atoms with Crippen LogP contribution in [-0.2, 0) is 11.3 Å². The molecule has 0 aliphatic carbocycles. The minimum absolute atomic E-state index is 0.0865. The van der Waals surface area contributed by atoms with Crippen LogP contribution in [0, 0.1) is 0 Å². The van der Waals surface area contributed by atoms with E-state index in [2.05, 4.69) is 18.9 Å². The number of carboxylic acids is 1. The quantitative estimate of drug-likeness (QED) is 0.785. The molecule has 0 radical (unpaired) electrons. The second-order valence-electron chi connectivity index (χ2n) is 3.56. The number of aromatic nitrogens is 2. The van der Waals surface area contributed by atoms with Crippen LogP contribution in [0.15, 0.2) is 11.1 Å². The highest BCUT2D eigenvalue weighted by Gasteiger charge is 2.11. The lowest BCUT2D eigenvalue weighted by atomic mass is 10.1. The molecule has 1 aromatic heterocycles. The second-order valence-corrected chi connectivity index (χ2v) is 4.56. The van der Waals surface area contributed by atoms with Crippen LogP contribution < -0.4 is 0 Å². The van der Waals surface area contributed by atoms with Crippen LogP contribution >= 0.6 is 11.8 Å². The molecule has 1 N–H and O–H groups in total. The largest absolute Gasteiger partial charge is 0.481 e. The van der Waals surface area contributed by atoms with Gasteiger partial charge in [-0.25, -0.2) is 0 Å². The molecule has 0 saturated heterocycles. The number of carbonyl (C=O) groups is 1. The standard InChI is InChI=1S/C10H16N2O2S/c1-4-12-9(15-6-10(13)14)5-8(11-12)7(2)3/h5,7H,4,6H2,1-3H3,(H,13,14). The van der Waals surface area contributed by atoms with Gasteiger partial charge >= 0.3 is 5.97 Å². The van der Waals surface area contributed by atoms with E-state index in [0.717, 1.165) is 17.3 Å². The van der Waals surface area contributed by atoms with Gasteiger partial charge < -0.3 is 5.11 Å². The third-order valence-electron chi connectivity index (χ3n) is 2.00. The normalized spacial score (nSPS) is 10.9. The number of thioether (sulfide) groups is 1. The van der Waals surface area contributed by atoms with Crippen molar-refractivity contribution in [3.05, 3.63) is 11.8 Å². The highest BCUT2D eigenvalue weighted by atomic mass is 32.2. The van der Waals surface area contributed by atoms with Crippen LogP contribution in [0.1, 0.15) is 32.4 Å². The molecule has 0 saturated carbocycles. The van der Waals surface area contributed by atoms with Crippen LogP contribution in [0.3, 0.4) is 0 Å². The van der Waals surface area contributed by atoms with Crippen molar-refractivity contribution < 1.29 is 9.90 Å². The lowest BCUT2D eigenvalue weighted by Crippen LogP contribution is -2.02. The van der Waals surface area contributed by atoms with E-state index in [1.807, 2.05) is 17.7 Å². The Morgan fingerprint density at radius 2 is 2.33 bits per heavy atom. The summed E-state index contributed by atoms with van der Waals surface area (Å²) in [6, 6.07) is 1.97. The number of aryl methyl sites for hydroxylation is 1. The maximum Gasteiger partial charge on any atom is 0.313 e. The lowest BCUT2D eigenvalue weighted by molar-refractivity contribution is -0.133. The second kappa shape index (κ2) is 5.21. The summed E-state index contributed by atoms with van der Waals surface area (Å²) in [4.78, 5) is 10.5. The number of hydrogen-bond donors (Lipinski definition) is 1. The van der Waals surface area contributed by atoms with Gasteiger partial charge in [0.1, 0.15) is 0 Å². The Morgan fingerprint density at radius 1 is 1.67 bits per heavy atom. The molecule has 0 aromatic carbocycles. The van der Waals surface area contributed by atoms with E-state index in [1.165, 1.54) is 11.8 Å². The van der Waals surface area contributed by atoms with E-state index < -0.39 is 5.97 Å². The highest BCUT2D eigenvalue weighted by Crippen LogP contribution is 2.22. The molecule has 15 heavy (non-hydrogen) atoms. The zero-order chi connectivity index (χ0) is 11.4. The first kappa shape index (κ1) is 12.1. The van der Waals surface area contributed by atoms with Crippen LogP contribution in [0.5, 0.6) is 0 Å². The number of nitrogens with zero attached hydrogens (tertiary/aromatic N) is 2. The molecule has 1 aromatic rings. The van der Waals surface area contributed by atoms with Gasteiger partial charge in [0.25, 0.3) is 0 Å². The highest BCUT2D eigenvalue weighted by molar-refractivity contribution is 7.99. The molecule has 1 heterocycles. The number of aliphatic carboxylic acids is 1. The van der Waals surface area contributed by atoms with Crippen molar-refractivity contribution in [2.75, 3.05) is 5.75 Å². The van der Waals surface area contributed by atoms with Crippen LogP contribution in [-0.4, -0.2) is 26.6 Å². The number of carboxylic acid groups (broad SMARTS) is 1. The Morgan fingerprint density at radius 3 is 2.80 bits per heavy atom. The van der Waals surface area contributed by atoms with Crippen molar-refractivity contribution in [2.24, 2.45) is 0 Å². The Balaban J connectivity index is 2.80. The maximum atomic E-state index is 10.5. The fourth-order valence-corrected chi connectivity index (χ4v) is 1.97. The van der Waals surface area contributed by atoms with Crippen LogP contribution in [0.2, 0.25) is 0 Å². The Bertz CT molecular complexity index is 347. The Labute approximate surface area is 93.7 Å². The smallest absolute Gasteiger partial charge is 0.313 e. The van der Waals surface area contributed by atoms with Gasteiger partial charge in [-0.1, -0.05) is 25.6 Å². The van der Waals surface area contributed by atoms with Crippen molar-refractivity contribution in [3.8, 4) is 0 Å². The molecule has 0 unspecified atom stereocenters. The topological polar surface area (TPSA) is 55.1 Å². The van der Waals surface area contributed by atoms with Gasteiger partial charge in [-0.05, 0) is 18.9 Å². The molecule has 0 aliphatic rings. The Hall–Kier alpha value is -0.970. The van der Waals surface area contributed by atoms with Gasteiger partial charge in [-0.3, -0.25) is 9.48 Å². The molecular weight excluding hydrogens is 212 g/mol. The predicted octanol–water partition coefficient (Wildman–Crippen LogP) is 2.20. The summed E-state index contributed by atoms with van der Waals surface area (Å²) in [6.45, 7) is 6.93. The maximum absolute atomic E-state index is 10.5. The van der Waals surface area contributed by atoms with E-state index in [1.54, 1.807) is 0 Å². The average molecular weight is 228 g/mol. The van der Waals surface area contributed by atoms with Crippen LogP contribution in [0.25, 0.3) is 0 Å². The fourth-order valence-electron chi connectivity index (χ4n) is 1.18. The van der Waals surface area contributed by atoms with Gasteiger partial charge in [0, 0.05) is 6.54 Å². The number of rotatable bonds is 5. The van der Waals surface area contributed by atoms with Gasteiger partial charge in [0.15, 0.2) is 0 Å². The third kappa shape index (κ3) is 3.27. The lowest BCUT2D eigenvalue weighted by Gasteiger charge is -2.01. The Kier molecular flexibility index (Phi) is 4.20. The summed E-state index contributed by atoms with van der Waals surface area (Å²) < 4.78 is 1.85. The third-order valence-corrected chi connectivity index (χ3v) is 3.01. The minimum Gasteiger partial charge on any atom is -0.481 e. The monoisotopic (exact) mass is 228 g/mol. The zero-order valence-corrected chi connectivity index (χ0v) is 10.0. The first-order valence-electron chi connectivity index (χ1n) is 4.97. The molecule has 0 amide bonds. The summed E-state index contributed by atoms with van der Waals surface area (Å²) in [5.74, 6) is -0.333. The molecule has 5 heteroatoms. The molecule has 1 rings (SSSR count). The molecule has 0 aliphatic heterocycles. The van der Waals surface area contributed by atoms with E-state index in [0.29, 0.717) is 5.92 Å². The van der Waals surface area contributed by atoms with Gasteiger partial charge in [-0.15, -0.1) is 0 Å². The van der Waals surface area contributed by atoms with E-state index in [4.69, 9.17) is 5.11 Å². The van der Waals surface area contributed by atoms with Gasteiger partial charge in [0.05, 0.1) is 16.5 Å². The first-order valence-corrected chi connectivity index (χ1v) is 5.95. The van der Waals surface area contributed by atoms with E-state index in [-0.39, 0.29) is 5.75 Å². The van der Waals surface area contributed by atoms with Gasteiger partial charge in [-0.2, -0.15) is 5.10 Å². The zero-order valence-electron chi connectivity index (χ0n) is 9.23. The van der Waals surface area contributed by atoms with Crippen molar-refractivity contribution in [1.29, 1.82) is 0 Å². The van der Waals surface area contributed by atoms with Crippen LogP contribution in [0.4, 0.5) is 0 Å². The van der Waals surface area contributed by atoms with E-state index in [9.17, 15) is 4.79 Å². The molecular formula is C10H16N2O2S. The minimum atomic E-state index is -0.796. The van der Waals surface area contributed by atoms with Crippen molar-refractivity contribution >= 4 is 17.7 Å². The molecule has 0 atom stereocenters. The summed E-state index contributed by atoms with van der Waals surface area (Å²) in [5.41, 5.74) is 1.02. The summed E-state index contributed by atoms with van der Waals surface area (Å²) in [5, 5.41) is 13.9.